The second-order valence-corrected chi connectivity index (χ2v) is 4.65. The Morgan fingerprint density at radius 3 is 2.25 bits per heavy atom. The zero-order valence-corrected chi connectivity index (χ0v) is 10.1. The molecule has 0 aromatic carbocycles. The number of carboxylic acids is 1. The van der Waals surface area contributed by atoms with Gasteiger partial charge in [0.25, 0.3) is 0 Å². The molecule has 0 fully saturated rings. The van der Waals surface area contributed by atoms with Gasteiger partial charge in [-0.15, -0.1) is 0 Å². The Balaban J connectivity index is 4.22. The molecule has 0 radical (unpaired) electrons. The molecule has 0 aliphatic heterocycles. The first kappa shape index (κ1) is 14.9. The third-order valence-corrected chi connectivity index (χ3v) is 2.24. The predicted molar refractivity (Wildman–Crippen MR) is 58.9 cm³/mol. The highest BCUT2D eigenvalue weighted by molar-refractivity contribution is 5.83. The van der Waals surface area contributed by atoms with Crippen LogP contribution in [0.15, 0.2) is 0 Å². The fourth-order valence-corrected chi connectivity index (χ4v) is 0.968. The summed E-state index contributed by atoms with van der Waals surface area (Å²) in [4.78, 5) is 22.2. The van der Waals surface area contributed by atoms with Gasteiger partial charge in [0.15, 0.2) is 6.10 Å². The summed E-state index contributed by atoms with van der Waals surface area (Å²) in [5.74, 6) is -1.50. The van der Waals surface area contributed by atoms with Crippen molar-refractivity contribution >= 4 is 11.9 Å². The fourth-order valence-electron chi connectivity index (χ4n) is 0.968. The van der Waals surface area contributed by atoms with E-state index in [4.69, 9.17) is 10.8 Å². The number of rotatable bonds is 5. The van der Waals surface area contributed by atoms with Crippen molar-refractivity contribution in [2.45, 2.75) is 32.9 Å². The quantitative estimate of drug-likeness (QED) is 0.597. The van der Waals surface area contributed by atoms with Crippen molar-refractivity contribution in [2.75, 3.05) is 13.7 Å². The van der Waals surface area contributed by atoms with Crippen molar-refractivity contribution in [1.82, 2.24) is 5.32 Å². The van der Waals surface area contributed by atoms with Gasteiger partial charge in [-0.1, -0.05) is 20.8 Å². The number of carbonyl (C=O) groups excluding carboxylic acids is 1. The van der Waals surface area contributed by atoms with Crippen LogP contribution in [0.1, 0.15) is 20.8 Å². The maximum atomic E-state index is 11.5. The molecule has 16 heavy (non-hydrogen) atoms. The lowest BCUT2D eigenvalue weighted by molar-refractivity contribution is -0.148. The van der Waals surface area contributed by atoms with Crippen LogP contribution in [0.5, 0.6) is 0 Å². The second-order valence-electron chi connectivity index (χ2n) is 4.65. The molecule has 2 atom stereocenters. The lowest BCUT2D eigenvalue weighted by atomic mass is 9.87. The Kier molecular flexibility index (Phi) is 5.40. The van der Waals surface area contributed by atoms with Gasteiger partial charge in [-0.05, 0) is 5.41 Å². The third-order valence-electron chi connectivity index (χ3n) is 2.24. The van der Waals surface area contributed by atoms with E-state index in [0.717, 1.165) is 0 Å². The monoisotopic (exact) mass is 232 g/mol. The smallest absolute Gasteiger partial charge is 0.334 e. The first-order valence-electron chi connectivity index (χ1n) is 4.99. The van der Waals surface area contributed by atoms with Crippen LogP contribution in [0, 0.1) is 5.41 Å². The number of nitrogens with one attached hydrogen (secondary N) is 1. The highest BCUT2D eigenvalue weighted by atomic mass is 16.5. The van der Waals surface area contributed by atoms with Crippen LogP contribution in [-0.4, -0.2) is 42.8 Å². The Morgan fingerprint density at radius 2 is 1.94 bits per heavy atom. The summed E-state index contributed by atoms with van der Waals surface area (Å²) in [5.41, 5.74) is 5.33. The molecule has 0 aromatic rings. The molecule has 0 saturated heterocycles. The summed E-state index contributed by atoms with van der Waals surface area (Å²) in [6.45, 7) is 5.42. The van der Waals surface area contributed by atoms with Gasteiger partial charge in [-0.2, -0.15) is 0 Å². The number of ether oxygens (including phenoxy) is 1. The summed E-state index contributed by atoms with van der Waals surface area (Å²) in [6, 6.07) is -0.682. The number of nitrogens with two attached hydrogens (primary N) is 1. The zero-order chi connectivity index (χ0) is 12.9. The molecule has 0 aromatic heterocycles. The van der Waals surface area contributed by atoms with E-state index in [1.165, 1.54) is 7.11 Å². The van der Waals surface area contributed by atoms with E-state index in [1.54, 1.807) is 0 Å². The molecule has 0 aliphatic rings. The highest BCUT2D eigenvalue weighted by Gasteiger charge is 2.28. The van der Waals surface area contributed by atoms with Crippen molar-refractivity contribution in [2.24, 2.45) is 11.1 Å². The molecule has 0 rings (SSSR count). The SMILES string of the molecule is COC(CNC(=O)[C@@H](N)C(C)(C)C)C(=O)O. The maximum Gasteiger partial charge on any atom is 0.334 e. The first-order chi connectivity index (χ1) is 7.20. The molecule has 94 valence electrons. The molecule has 4 N–H and O–H groups in total. The van der Waals surface area contributed by atoms with Crippen molar-refractivity contribution in [1.29, 1.82) is 0 Å². The molecular weight excluding hydrogens is 212 g/mol. The van der Waals surface area contributed by atoms with E-state index >= 15 is 0 Å². The number of carbonyl (C=O) groups is 2. The number of amides is 1. The van der Waals surface area contributed by atoms with Crippen LogP contribution in [0.3, 0.4) is 0 Å². The van der Waals surface area contributed by atoms with Crippen LogP contribution in [-0.2, 0) is 14.3 Å². The summed E-state index contributed by atoms with van der Waals surface area (Å²) >= 11 is 0. The van der Waals surface area contributed by atoms with Gasteiger partial charge >= 0.3 is 5.97 Å². The van der Waals surface area contributed by atoms with E-state index in [9.17, 15) is 9.59 Å². The minimum atomic E-state index is -1.12. The van der Waals surface area contributed by atoms with E-state index in [1.807, 2.05) is 20.8 Å². The molecule has 1 unspecified atom stereocenters. The molecule has 0 heterocycles. The largest absolute Gasteiger partial charge is 0.479 e. The Hall–Kier alpha value is -1.14. The summed E-state index contributed by atoms with van der Waals surface area (Å²) in [6.07, 6.45) is -1.05. The Labute approximate surface area is 95.1 Å². The average molecular weight is 232 g/mol. The summed E-state index contributed by atoms with van der Waals surface area (Å²) in [7, 11) is 1.27. The number of carboxylic acid groups (broad SMARTS) is 1. The van der Waals surface area contributed by atoms with Gasteiger partial charge in [-0.3, -0.25) is 4.79 Å². The molecule has 0 aliphatic carbocycles. The van der Waals surface area contributed by atoms with Crippen molar-refractivity contribution in [3.63, 3.8) is 0 Å². The van der Waals surface area contributed by atoms with Crippen LogP contribution >= 0.6 is 0 Å². The number of hydrogen-bond acceptors (Lipinski definition) is 4. The lowest BCUT2D eigenvalue weighted by Crippen LogP contribution is -2.51. The van der Waals surface area contributed by atoms with Crippen LogP contribution in [0.4, 0.5) is 0 Å². The topological polar surface area (TPSA) is 102 Å². The highest BCUT2D eigenvalue weighted by Crippen LogP contribution is 2.17. The van der Waals surface area contributed by atoms with E-state index in [-0.39, 0.29) is 17.9 Å². The van der Waals surface area contributed by atoms with Gasteiger partial charge < -0.3 is 20.9 Å². The van der Waals surface area contributed by atoms with Crippen LogP contribution < -0.4 is 11.1 Å². The van der Waals surface area contributed by atoms with Gasteiger partial charge in [0, 0.05) is 7.11 Å². The van der Waals surface area contributed by atoms with E-state index in [0.29, 0.717) is 0 Å². The number of hydrogen-bond donors (Lipinski definition) is 3. The van der Waals surface area contributed by atoms with Gasteiger partial charge in [0.1, 0.15) is 0 Å². The van der Waals surface area contributed by atoms with E-state index < -0.39 is 18.1 Å². The minimum Gasteiger partial charge on any atom is -0.479 e. The van der Waals surface area contributed by atoms with Gasteiger partial charge in [-0.25, -0.2) is 4.79 Å². The molecule has 0 spiro atoms. The third kappa shape index (κ3) is 4.59. The standard InChI is InChI=1S/C10H20N2O4/c1-10(2,3)7(11)8(13)12-5-6(16-4)9(14)15/h6-7H,5,11H2,1-4H3,(H,12,13)(H,14,15)/t6?,7-/m1/s1. The number of aliphatic carboxylic acids is 1. The van der Waals surface area contributed by atoms with Crippen molar-refractivity contribution < 1.29 is 19.4 Å². The van der Waals surface area contributed by atoms with Crippen LogP contribution in [0.25, 0.3) is 0 Å². The minimum absolute atomic E-state index is 0.0888. The number of methoxy groups -OCH3 is 1. The maximum absolute atomic E-state index is 11.5. The Bertz CT molecular complexity index is 260. The normalized spacial score (nSPS) is 15.3. The molecular formula is C10H20N2O4. The predicted octanol–water partition coefficient (Wildman–Crippen LogP) is -0.424. The molecule has 6 heteroatoms. The fraction of sp³-hybridized carbons (Fsp3) is 0.800. The molecule has 0 saturated carbocycles. The zero-order valence-electron chi connectivity index (χ0n) is 10.1. The average Bonchev–Trinajstić information content (AvgIpc) is 2.15. The lowest BCUT2D eigenvalue weighted by Gasteiger charge is -2.26. The van der Waals surface area contributed by atoms with Gasteiger partial charge in [0.2, 0.25) is 5.91 Å². The van der Waals surface area contributed by atoms with Crippen molar-refractivity contribution in [3.05, 3.63) is 0 Å². The Morgan fingerprint density at radius 1 is 1.44 bits per heavy atom. The van der Waals surface area contributed by atoms with E-state index in [2.05, 4.69) is 10.1 Å². The second kappa shape index (κ2) is 5.81. The first-order valence-corrected chi connectivity index (χ1v) is 4.99. The summed E-state index contributed by atoms with van der Waals surface area (Å²) < 4.78 is 4.67. The molecule has 6 nitrogen and oxygen atoms in total. The molecule has 0 bridgehead atoms. The van der Waals surface area contributed by atoms with Gasteiger partial charge in [0.05, 0.1) is 12.6 Å². The van der Waals surface area contributed by atoms with Crippen molar-refractivity contribution in [3.8, 4) is 0 Å². The summed E-state index contributed by atoms with van der Waals surface area (Å²) in [5, 5.41) is 11.1. The van der Waals surface area contributed by atoms with Crippen LogP contribution in [0.2, 0.25) is 0 Å². The molecule has 1 amide bonds.